The normalized spacial score (nSPS) is 19.1. The fraction of sp³-hybridized carbons (Fsp3) is 0.409. The zero-order valence-corrected chi connectivity index (χ0v) is 15.4. The summed E-state index contributed by atoms with van der Waals surface area (Å²) in [5.41, 5.74) is 3.25. The molecule has 2 aromatic rings. The van der Waals surface area contributed by atoms with Gasteiger partial charge in [-0.3, -0.25) is 9.69 Å². The van der Waals surface area contributed by atoms with E-state index in [2.05, 4.69) is 34.1 Å². The van der Waals surface area contributed by atoms with Crippen molar-refractivity contribution in [2.24, 2.45) is 5.92 Å². The lowest BCUT2D eigenvalue weighted by atomic mass is 9.90. The molecular formula is C22H25FN2O2. The highest BCUT2D eigenvalue weighted by molar-refractivity contribution is 5.70. The lowest BCUT2D eigenvalue weighted by Crippen LogP contribution is -2.45. The van der Waals surface area contributed by atoms with Crippen molar-refractivity contribution in [1.82, 2.24) is 4.90 Å². The van der Waals surface area contributed by atoms with Gasteiger partial charge in [0.05, 0.1) is 11.6 Å². The predicted octanol–water partition coefficient (Wildman–Crippen LogP) is 3.73. The SMILES string of the molecule is O=C(O)C1CCN(Cc2ccc(C3CN(c4ccccc4F)C3)cc2)CC1. The molecule has 142 valence electrons. The van der Waals surface area contributed by atoms with Crippen LogP contribution in [0.3, 0.4) is 0 Å². The molecule has 4 rings (SSSR count). The average molecular weight is 368 g/mol. The van der Waals surface area contributed by atoms with Crippen molar-refractivity contribution in [2.75, 3.05) is 31.1 Å². The highest BCUT2D eigenvalue weighted by Crippen LogP contribution is 2.33. The third-order valence-electron chi connectivity index (χ3n) is 5.87. The lowest BCUT2D eigenvalue weighted by Gasteiger charge is -2.41. The van der Waals surface area contributed by atoms with E-state index in [9.17, 15) is 9.18 Å². The van der Waals surface area contributed by atoms with Crippen LogP contribution in [0.5, 0.6) is 0 Å². The number of para-hydroxylation sites is 1. The maximum atomic E-state index is 13.9. The van der Waals surface area contributed by atoms with E-state index in [0.717, 1.165) is 45.6 Å². The molecular weight excluding hydrogens is 343 g/mol. The van der Waals surface area contributed by atoms with Gasteiger partial charge in [0.25, 0.3) is 0 Å². The fourth-order valence-corrected chi connectivity index (χ4v) is 4.09. The predicted molar refractivity (Wildman–Crippen MR) is 103 cm³/mol. The van der Waals surface area contributed by atoms with Gasteiger partial charge in [-0.1, -0.05) is 36.4 Å². The van der Waals surface area contributed by atoms with E-state index < -0.39 is 5.97 Å². The number of nitrogens with zero attached hydrogens (tertiary/aromatic N) is 2. The molecule has 4 nitrogen and oxygen atoms in total. The van der Waals surface area contributed by atoms with E-state index in [1.807, 2.05) is 12.1 Å². The minimum atomic E-state index is -0.663. The third kappa shape index (κ3) is 3.98. The van der Waals surface area contributed by atoms with Crippen LogP contribution < -0.4 is 4.90 Å². The number of aliphatic carboxylic acids is 1. The third-order valence-corrected chi connectivity index (χ3v) is 5.87. The Labute approximate surface area is 159 Å². The average Bonchev–Trinajstić information content (AvgIpc) is 2.64. The van der Waals surface area contributed by atoms with E-state index in [0.29, 0.717) is 11.6 Å². The summed E-state index contributed by atoms with van der Waals surface area (Å²) in [6.45, 7) is 4.27. The molecule has 0 unspecified atom stereocenters. The van der Waals surface area contributed by atoms with Gasteiger partial charge in [0.15, 0.2) is 0 Å². The van der Waals surface area contributed by atoms with Crippen molar-refractivity contribution >= 4 is 11.7 Å². The number of piperidine rings is 1. The fourth-order valence-electron chi connectivity index (χ4n) is 4.09. The van der Waals surface area contributed by atoms with Crippen LogP contribution in [0.1, 0.15) is 29.9 Å². The summed E-state index contributed by atoms with van der Waals surface area (Å²) in [6.07, 6.45) is 1.47. The van der Waals surface area contributed by atoms with Gasteiger partial charge in [-0.15, -0.1) is 0 Å². The second kappa shape index (κ2) is 7.69. The van der Waals surface area contributed by atoms with Gasteiger partial charge in [0.1, 0.15) is 5.82 Å². The van der Waals surface area contributed by atoms with Gasteiger partial charge in [-0.05, 0) is 49.2 Å². The monoisotopic (exact) mass is 368 g/mol. The smallest absolute Gasteiger partial charge is 0.306 e. The van der Waals surface area contributed by atoms with E-state index >= 15 is 0 Å². The number of hydrogen-bond donors (Lipinski definition) is 1. The molecule has 0 spiro atoms. The highest BCUT2D eigenvalue weighted by Gasteiger charge is 2.29. The minimum Gasteiger partial charge on any atom is -0.481 e. The molecule has 2 fully saturated rings. The number of carbonyl (C=O) groups is 1. The number of likely N-dealkylation sites (tertiary alicyclic amines) is 1. The largest absolute Gasteiger partial charge is 0.481 e. The maximum Gasteiger partial charge on any atom is 0.306 e. The van der Waals surface area contributed by atoms with Gasteiger partial charge >= 0.3 is 5.97 Å². The zero-order chi connectivity index (χ0) is 18.8. The van der Waals surface area contributed by atoms with Crippen molar-refractivity contribution in [3.8, 4) is 0 Å². The Morgan fingerprint density at radius 3 is 2.33 bits per heavy atom. The molecule has 0 amide bonds. The molecule has 0 atom stereocenters. The summed E-state index contributed by atoms with van der Waals surface area (Å²) in [4.78, 5) is 15.5. The summed E-state index contributed by atoms with van der Waals surface area (Å²) >= 11 is 0. The molecule has 2 aliphatic heterocycles. The molecule has 0 radical (unpaired) electrons. The van der Waals surface area contributed by atoms with Crippen LogP contribution in [0.2, 0.25) is 0 Å². The number of halogens is 1. The van der Waals surface area contributed by atoms with Crippen LogP contribution in [0, 0.1) is 11.7 Å². The second-order valence-corrected chi connectivity index (χ2v) is 7.68. The summed E-state index contributed by atoms with van der Waals surface area (Å²) in [5.74, 6) is -0.550. The van der Waals surface area contributed by atoms with Gasteiger partial charge in [-0.2, -0.15) is 0 Å². The Balaban J connectivity index is 1.29. The van der Waals surface area contributed by atoms with Crippen molar-refractivity contribution in [3.63, 3.8) is 0 Å². The highest BCUT2D eigenvalue weighted by atomic mass is 19.1. The number of hydrogen-bond acceptors (Lipinski definition) is 3. The molecule has 2 aliphatic rings. The number of rotatable bonds is 5. The van der Waals surface area contributed by atoms with Crippen LogP contribution >= 0.6 is 0 Å². The molecule has 0 aromatic heterocycles. The molecule has 2 aromatic carbocycles. The Kier molecular flexibility index (Phi) is 5.12. The number of carboxylic acids is 1. The first-order valence-electron chi connectivity index (χ1n) is 9.63. The van der Waals surface area contributed by atoms with Crippen molar-refractivity contribution in [3.05, 3.63) is 65.5 Å². The van der Waals surface area contributed by atoms with Crippen molar-refractivity contribution < 1.29 is 14.3 Å². The number of anilines is 1. The maximum absolute atomic E-state index is 13.9. The first kappa shape index (κ1) is 18.0. The van der Waals surface area contributed by atoms with Crippen molar-refractivity contribution in [1.29, 1.82) is 0 Å². The molecule has 0 aliphatic carbocycles. The Morgan fingerprint density at radius 2 is 1.70 bits per heavy atom. The van der Waals surface area contributed by atoms with Crippen LogP contribution in [0.25, 0.3) is 0 Å². The Hall–Kier alpha value is -2.40. The van der Waals surface area contributed by atoms with Crippen LogP contribution in [-0.4, -0.2) is 42.2 Å². The molecule has 1 N–H and O–H groups in total. The van der Waals surface area contributed by atoms with Gasteiger partial charge < -0.3 is 10.0 Å². The Morgan fingerprint density at radius 1 is 1.04 bits per heavy atom. The molecule has 27 heavy (non-hydrogen) atoms. The first-order valence-corrected chi connectivity index (χ1v) is 9.63. The Bertz CT molecular complexity index is 794. The summed E-state index contributed by atoms with van der Waals surface area (Å²) in [7, 11) is 0. The topological polar surface area (TPSA) is 43.8 Å². The summed E-state index contributed by atoms with van der Waals surface area (Å²) in [6, 6.07) is 15.7. The minimum absolute atomic E-state index is 0.155. The summed E-state index contributed by atoms with van der Waals surface area (Å²) in [5, 5.41) is 9.09. The van der Waals surface area contributed by atoms with Crippen LogP contribution in [0.15, 0.2) is 48.5 Å². The lowest BCUT2D eigenvalue weighted by molar-refractivity contribution is -0.143. The van der Waals surface area contributed by atoms with Crippen molar-refractivity contribution in [2.45, 2.75) is 25.3 Å². The molecule has 2 heterocycles. The zero-order valence-electron chi connectivity index (χ0n) is 15.4. The summed E-state index contributed by atoms with van der Waals surface area (Å²) < 4.78 is 13.9. The molecule has 0 saturated carbocycles. The van der Waals surface area contributed by atoms with E-state index in [1.165, 1.54) is 17.2 Å². The van der Waals surface area contributed by atoms with Crippen LogP contribution in [0.4, 0.5) is 10.1 Å². The van der Waals surface area contributed by atoms with Crippen LogP contribution in [-0.2, 0) is 11.3 Å². The van der Waals surface area contributed by atoms with E-state index in [-0.39, 0.29) is 11.7 Å². The molecule has 5 heteroatoms. The number of carboxylic acid groups (broad SMARTS) is 1. The quantitative estimate of drug-likeness (QED) is 0.873. The molecule has 0 bridgehead atoms. The van der Waals surface area contributed by atoms with E-state index in [4.69, 9.17) is 5.11 Å². The van der Waals surface area contributed by atoms with E-state index in [1.54, 1.807) is 6.07 Å². The number of benzene rings is 2. The molecule has 2 saturated heterocycles. The second-order valence-electron chi connectivity index (χ2n) is 7.68. The van der Waals surface area contributed by atoms with Gasteiger partial charge in [0, 0.05) is 25.6 Å². The van der Waals surface area contributed by atoms with Gasteiger partial charge in [-0.25, -0.2) is 4.39 Å². The van der Waals surface area contributed by atoms with Gasteiger partial charge in [0.2, 0.25) is 0 Å². The first-order chi connectivity index (χ1) is 13.1. The standard InChI is InChI=1S/C22H25FN2O2/c23-20-3-1-2-4-21(20)25-14-19(15-25)17-7-5-16(6-8-17)13-24-11-9-18(10-12-24)22(26)27/h1-8,18-19H,9-15H2,(H,26,27).